The lowest BCUT2D eigenvalue weighted by Gasteiger charge is -2.13. The lowest BCUT2D eigenvalue weighted by atomic mass is 10.2. The van der Waals surface area contributed by atoms with Crippen LogP contribution in [0, 0.1) is 6.92 Å². The minimum Gasteiger partial charge on any atom is -0.495 e. The molecule has 0 aliphatic heterocycles. The molecule has 0 atom stereocenters. The zero-order chi connectivity index (χ0) is 20.7. The third-order valence-corrected chi connectivity index (χ3v) is 4.76. The molecule has 0 fully saturated rings. The van der Waals surface area contributed by atoms with E-state index in [1.165, 1.54) is 32.2 Å². The van der Waals surface area contributed by atoms with Crippen LogP contribution in [-0.4, -0.2) is 33.9 Å². The molecule has 0 unspecified atom stereocenters. The van der Waals surface area contributed by atoms with Crippen LogP contribution in [-0.2, 0) is 19.6 Å². The molecule has 0 radical (unpaired) electrons. The highest BCUT2D eigenvalue weighted by atomic mass is 32.2. The fraction of sp³-hybridized carbons (Fsp3) is 0.222. The lowest BCUT2D eigenvalue weighted by Crippen LogP contribution is -2.43. The van der Waals surface area contributed by atoms with Gasteiger partial charge in [0.05, 0.1) is 17.7 Å². The Morgan fingerprint density at radius 3 is 2.36 bits per heavy atom. The molecule has 0 saturated carbocycles. The summed E-state index contributed by atoms with van der Waals surface area (Å²) in [5.74, 6) is -0.354. The number of hydrogen-bond acceptors (Lipinski definition) is 6. The van der Waals surface area contributed by atoms with Gasteiger partial charge in [-0.15, -0.1) is 4.83 Å². The Bertz CT molecular complexity index is 958. The highest BCUT2D eigenvalue weighted by Crippen LogP contribution is 2.27. The van der Waals surface area contributed by atoms with Gasteiger partial charge in [-0.3, -0.25) is 15.0 Å². The van der Waals surface area contributed by atoms with Gasteiger partial charge in [0.15, 0.2) is 6.61 Å². The molecule has 0 spiro atoms. The number of nitrogens with one attached hydrogen (secondary N) is 3. The first-order valence-corrected chi connectivity index (χ1v) is 9.65. The van der Waals surface area contributed by atoms with Crippen LogP contribution in [0.3, 0.4) is 0 Å². The van der Waals surface area contributed by atoms with E-state index in [2.05, 4.69) is 10.7 Å². The average molecular weight is 407 g/mol. The maximum atomic E-state index is 12.3. The molecular weight excluding hydrogens is 386 g/mol. The number of benzene rings is 2. The highest BCUT2D eigenvalue weighted by Gasteiger charge is 2.18. The van der Waals surface area contributed by atoms with E-state index in [1.807, 2.05) is 23.9 Å². The van der Waals surface area contributed by atoms with Crippen molar-refractivity contribution in [1.29, 1.82) is 0 Å². The summed E-state index contributed by atoms with van der Waals surface area (Å²) in [6.07, 6.45) is 0. The lowest BCUT2D eigenvalue weighted by molar-refractivity contribution is -0.123. The van der Waals surface area contributed by atoms with Crippen molar-refractivity contribution in [2.24, 2.45) is 0 Å². The summed E-state index contributed by atoms with van der Waals surface area (Å²) in [5, 5.41) is 2.52. The zero-order valence-corrected chi connectivity index (χ0v) is 16.4. The number of anilines is 1. The predicted molar refractivity (Wildman–Crippen MR) is 102 cm³/mol. The average Bonchev–Trinajstić information content (AvgIpc) is 2.65. The molecule has 2 aromatic carbocycles. The van der Waals surface area contributed by atoms with Crippen LogP contribution < -0.4 is 25.0 Å². The topological polar surface area (TPSA) is 123 Å². The SMILES string of the molecule is COc1cc(S(=O)(=O)NNC(=O)COc2ccc(C)cc2)ccc1NC(C)=O. The van der Waals surface area contributed by atoms with Gasteiger partial charge >= 0.3 is 0 Å². The van der Waals surface area contributed by atoms with E-state index in [4.69, 9.17) is 9.47 Å². The molecule has 0 aromatic heterocycles. The Hall–Kier alpha value is -3.11. The number of hydrogen-bond donors (Lipinski definition) is 3. The van der Waals surface area contributed by atoms with Crippen LogP contribution in [0.1, 0.15) is 12.5 Å². The molecule has 0 aliphatic carbocycles. The molecule has 9 nitrogen and oxygen atoms in total. The standard InChI is InChI=1S/C18H21N3O6S/c1-12-4-6-14(7-5-12)27-11-18(23)20-21-28(24,25)15-8-9-16(19-13(2)22)17(10-15)26-3/h4-10,21H,11H2,1-3H3,(H,19,22)(H,20,23). The number of aryl methyl sites for hydroxylation is 1. The second-order valence-corrected chi connectivity index (χ2v) is 7.48. The fourth-order valence-corrected chi connectivity index (χ4v) is 3.01. The first kappa shape index (κ1) is 21.2. The van der Waals surface area contributed by atoms with Crippen LogP contribution in [0.4, 0.5) is 5.69 Å². The molecule has 2 amide bonds. The minimum atomic E-state index is -4.05. The minimum absolute atomic E-state index is 0.154. The van der Waals surface area contributed by atoms with Crippen LogP contribution in [0.2, 0.25) is 0 Å². The molecular formula is C18H21N3O6S. The second-order valence-electron chi connectivity index (χ2n) is 5.80. The Morgan fingerprint density at radius 1 is 1.07 bits per heavy atom. The summed E-state index contributed by atoms with van der Waals surface area (Å²) in [6, 6.07) is 10.9. The van der Waals surface area contributed by atoms with Crippen LogP contribution in [0.5, 0.6) is 11.5 Å². The molecule has 150 valence electrons. The van der Waals surface area contributed by atoms with Crippen molar-refractivity contribution in [2.45, 2.75) is 18.7 Å². The number of sulfonamides is 1. The maximum absolute atomic E-state index is 12.3. The molecule has 0 heterocycles. The van der Waals surface area contributed by atoms with Crippen molar-refractivity contribution in [3.63, 3.8) is 0 Å². The normalized spacial score (nSPS) is 10.8. The van der Waals surface area contributed by atoms with Crippen LogP contribution in [0.15, 0.2) is 47.4 Å². The van der Waals surface area contributed by atoms with Crippen molar-refractivity contribution >= 4 is 27.5 Å². The smallest absolute Gasteiger partial charge is 0.272 e. The van der Waals surface area contributed by atoms with Gasteiger partial charge in [-0.2, -0.15) is 0 Å². The van der Waals surface area contributed by atoms with E-state index in [0.717, 1.165) is 5.56 Å². The summed E-state index contributed by atoms with van der Waals surface area (Å²) >= 11 is 0. The zero-order valence-electron chi connectivity index (χ0n) is 15.6. The molecule has 10 heteroatoms. The molecule has 0 aliphatic rings. The van der Waals surface area contributed by atoms with Crippen LogP contribution >= 0.6 is 0 Å². The number of carbonyl (C=O) groups excluding carboxylic acids is 2. The summed E-state index contributed by atoms with van der Waals surface area (Å²) in [5.41, 5.74) is 3.44. The number of ether oxygens (including phenoxy) is 2. The molecule has 3 N–H and O–H groups in total. The van der Waals surface area contributed by atoms with E-state index in [0.29, 0.717) is 11.4 Å². The van der Waals surface area contributed by atoms with Gasteiger partial charge in [0.25, 0.3) is 15.9 Å². The van der Waals surface area contributed by atoms with Crippen molar-refractivity contribution < 1.29 is 27.5 Å². The third kappa shape index (κ3) is 5.96. The Kier molecular flexibility index (Phi) is 6.96. The van der Waals surface area contributed by atoms with E-state index in [-0.39, 0.29) is 23.2 Å². The summed E-state index contributed by atoms with van der Waals surface area (Å²) in [6.45, 7) is 2.87. The quantitative estimate of drug-likeness (QED) is 0.568. The van der Waals surface area contributed by atoms with Gasteiger partial charge in [-0.1, -0.05) is 17.7 Å². The Balaban J connectivity index is 1.97. The monoisotopic (exact) mass is 407 g/mol. The highest BCUT2D eigenvalue weighted by molar-refractivity contribution is 7.89. The Morgan fingerprint density at radius 2 is 1.75 bits per heavy atom. The largest absolute Gasteiger partial charge is 0.495 e. The fourth-order valence-electron chi connectivity index (χ4n) is 2.13. The molecule has 2 aromatic rings. The maximum Gasteiger partial charge on any atom is 0.272 e. The number of carbonyl (C=O) groups is 2. The van der Waals surface area contributed by atoms with E-state index < -0.39 is 15.9 Å². The van der Waals surface area contributed by atoms with Crippen molar-refractivity contribution in [3.8, 4) is 11.5 Å². The van der Waals surface area contributed by atoms with Gasteiger partial charge in [0, 0.05) is 13.0 Å². The summed E-state index contributed by atoms with van der Waals surface area (Å²) in [7, 11) is -2.71. The number of amides is 2. The summed E-state index contributed by atoms with van der Waals surface area (Å²) in [4.78, 5) is 24.8. The molecule has 2 rings (SSSR count). The third-order valence-electron chi connectivity index (χ3n) is 3.51. The van der Waals surface area contributed by atoms with Gasteiger partial charge in [0.2, 0.25) is 5.91 Å². The predicted octanol–water partition coefficient (Wildman–Crippen LogP) is 1.35. The first-order valence-electron chi connectivity index (χ1n) is 8.17. The van der Waals surface area contributed by atoms with Gasteiger partial charge in [0.1, 0.15) is 11.5 Å². The van der Waals surface area contributed by atoms with E-state index >= 15 is 0 Å². The second kappa shape index (κ2) is 9.20. The number of methoxy groups -OCH3 is 1. The van der Waals surface area contributed by atoms with Crippen molar-refractivity contribution in [1.82, 2.24) is 10.3 Å². The van der Waals surface area contributed by atoms with Gasteiger partial charge in [-0.05, 0) is 31.2 Å². The molecule has 0 bridgehead atoms. The van der Waals surface area contributed by atoms with E-state index in [9.17, 15) is 18.0 Å². The van der Waals surface area contributed by atoms with Gasteiger partial charge in [-0.25, -0.2) is 8.42 Å². The Labute approximate surface area is 163 Å². The van der Waals surface area contributed by atoms with Gasteiger partial charge < -0.3 is 14.8 Å². The number of hydrazine groups is 1. The van der Waals surface area contributed by atoms with E-state index in [1.54, 1.807) is 12.1 Å². The van der Waals surface area contributed by atoms with Crippen molar-refractivity contribution in [2.75, 3.05) is 19.0 Å². The number of rotatable bonds is 8. The summed E-state index contributed by atoms with van der Waals surface area (Å²) < 4.78 is 35.0. The molecule has 28 heavy (non-hydrogen) atoms. The molecule has 0 saturated heterocycles. The van der Waals surface area contributed by atoms with Crippen molar-refractivity contribution in [3.05, 3.63) is 48.0 Å². The van der Waals surface area contributed by atoms with Crippen LogP contribution in [0.25, 0.3) is 0 Å². The first-order chi connectivity index (χ1) is 13.2.